The van der Waals surface area contributed by atoms with E-state index in [0.717, 1.165) is 17.4 Å². The second kappa shape index (κ2) is 8.80. The van der Waals surface area contributed by atoms with Gasteiger partial charge in [-0.2, -0.15) is 0 Å². The average Bonchev–Trinajstić information content (AvgIpc) is 3.12. The Balaban J connectivity index is 1.98. The van der Waals surface area contributed by atoms with Gasteiger partial charge in [-0.1, -0.05) is 53.3 Å². The lowest BCUT2D eigenvalue weighted by Crippen LogP contribution is -2.13. The second-order valence-electron chi connectivity index (χ2n) is 5.66. The zero-order valence-electron chi connectivity index (χ0n) is 15.0. The van der Waals surface area contributed by atoms with E-state index in [9.17, 15) is 19.7 Å². The molecule has 0 atom stereocenters. The molecule has 0 aliphatic carbocycles. The van der Waals surface area contributed by atoms with Crippen molar-refractivity contribution in [3.05, 3.63) is 74.1 Å². The number of hydrogen-bond donors (Lipinski definition) is 1. The van der Waals surface area contributed by atoms with E-state index in [1.807, 2.05) is 6.07 Å². The molecule has 1 N–H and O–H groups in total. The molecule has 148 valence electrons. The summed E-state index contributed by atoms with van der Waals surface area (Å²) in [6.45, 7) is 1.86. The van der Waals surface area contributed by atoms with Gasteiger partial charge in [-0.25, -0.2) is 9.78 Å². The number of nitro groups is 1. The van der Waals surface area contributed by atoms with E-state index in [2.05, 4.69) is 10.3 Å². The summed E-state index contributed by atoms with van der Waals surface area (Å²) in [5.74, 6) is -1.33. The minimum atomic E-state index is -0.761. The SMILES string of the molecule is CCOC(=O)c1sc(NC(=O)c2cc(Cl)ccc2[N+](=O)[O-])nc1-c1ccccc1. The van der Waals surface area contributed by atoms with Crippen molar-refractivity contribution >= 4 is 45.6 Å². The topological polar surface area (TPSA) is 111 Å². The number of carbonyl (C=O) groups is 2. The van der Waals surface area contributed by atoms with Crippen LogP contribution in [0, 0.1) is 10.1 Å². The first-order valence-corrected chi connectivity index (χ1v) is 9.58. The fourth-order valence-corrected chi connectivity index (χ4v) is 3.56. The van der Waals surface area contributed by atoms with Crippen LogP contribution < -0.4 is 5.32 Å². The van der Waals surface area contributed by atoms with Gasteiger partial charge in [0.1, 0.15) is 10.4 Å². The van der Waals surface area contributed by atoms with Crippen LogP contribution in [0.5, 0.6) is 0 Å². The number of amides is 1. The number of ether oxygens (including phenoxy) is 1. The number of anilines is 1. The molecule has 0 aliphatic rings. The number of hydrogen-bond acceptors (Lipinski definition) is 7. The van der Waals surface area contributed by atoms with Gasteiger partial charge >= 0.3 is 5.97 Å². The Labute approximate surface area is 174 Å². The number of esters is 1. The highest BCUT2D eigenvalue weighted by Gasteiger charge is 2.24. The van der Waals surface area contributed by atoms with E-state index >= 15 is 0 Å². The molecular formula is C19H14ClN3O5S. The molecule has 3 rings (SSSR count). The van der Waals surface area contributed by atoms with Gasteiger partial charge in [0, 0.05) is 16.7 Å². The number of carbonyl (C=O) groups excluding carboxylic acids is 2. The second-order valence-corrected chi connectivity index (χ2v) is 7.09. The number of aromatic nitrogens is 1. The van der Waals surface area contributed by atoms with E-state index < -0.39 is 22.5 Å². The van der Waals surface area contributed by atoms with Crippen molar-refractivity contribution in [3.63, 3.8) is 0 Å². The average molecular weight is 432 g/mol. The number of rotatable bonds is 6. The van der Waals surface area contributed by atoms with E-state index in [0.29, 0.717) is 11.3 Å². The molecule has 10 heteroatoms. The van der Waals surface area contributed by atoms with Crippen LogP contribution >= 0.6 is 22.9 Å². The summed E-state index contributed by atoms with van der Waals surface area (Å²) in [4.78, 5) is 40.0. The maximum Gasteiger partial charge on any atom is 0.350 e. The van der Waals surface area contributed by atoms with Crippen LogP contribution in [0.3, 0.4) is 0 Å². The van der Waals surface area contributed by atoms with E-state index in [4.69, 9.17) is 16.3 Å². The van der Waals surface area contributed by atoms with Gasteiger partial charge in [-0.05, 0) is 19.1 Å². The molecule has 1 heterocycles. The smallest absolute Gasteiger partial charge is 0.350 e. The van der Waals surface area contributed by atoms with E-state index in [1.54, 1.807) is 31.2 Å². The molecule has 1 aromatic heterocycles. The Morgan fingerprint density at radius 1 is 1.24 bits per heavy atom. The third kappa shape index (κ3) is 4.58. The maximum absolute atomic E-state index is 12.6. The van der Waals surface area contributed by atoms with Gasteiger partial charge in [0.15, 0.2) is 5.13 Å². The van der Waals surface area contributed by atoms with Gasteiger partial charge in [0.2, 0.25) is 0 Å². The van der Waals surface area contributed by atoms with Crippen LogP contribution in [0.2, 0.25) is 5.02 Å². The summed E-state index contributed by atoms with van der Waals surface area (Å²) in [6, 6.07) is 12.6. The molecule has 0 radical (unpaired) electrons. The Kier molecular flexibility index (Phi) is 6.20. The molecule has 1 amide bonds. The molecule has 2 aromatic carbocycles. The molecule has 0 aliphatic heterocycles. The first-order chi connectivity index (χ1) is 13.9. The quantitative estimate of drug-likeness (QED) is 0.341. The number of nitrogens with zero attached hydrogens (tertiary/aromatic N) is 2. The van der Waals surface area contributed by atoms with Crippen molar-refractivity contribution in [3.8, 4) is 11.3 Å². The molecule has 0 unspecified atom stereocenters. The Bertz CT molecular complexity index is 1080. The van der Waals surface area contributed by atoms with Gasteiger partial charge in [0.05, 0.1) is 17.2 Å². The molecule has 0 bridgehead atoms. The molecule has 0 saturated heterocycles. The van der Waals surface area contributed by atoms with Crippen molar-refractivity contribution in [2.75, 3.05) is 11.9 Å². The Morgan fingerprint density at radius 3 is 2.62 bits per heavy atom. The normalized spacial score (nSPS) is 10.4. The zero-order valence-corrected chi connectivity index (χ0v) is 16.6. The number of nitrogens with one attached hydrogen (secondary N) is 1. The molecule has 29 heavy (non-hydrogen) atoms. The van der Waals surface area contributed by atoms with Crippen LogP contribution in [-0.2, 0) is 4.74 Å². The van der Waals surface area contributed by atoms with Gasteiger partial charge < -0.3 is 4.74 Å². The fraction of sp³-hybridized carbons (Fsp3) is 0.105. The summed E-state index contributed by atoms with van der Waals surface area (Å²) < 4.78 is 5.07. The predicted molar refractivity (Wildman–Crippen MR) is 110 cm³/mol. The molecule has 3 aromatic rings. The predicted octanol–water partition coefficient (Wildman–Crippen LogP) is 4.80. The maximum atomic E-state index is 12.6. The van der Waals surface area contributed by atoms with E-state index in [1.165, 1.54) is 12.1 Å². The van der Waals surface area contributed by atoms with Crippen LogP contribution in [0.15, 0.2) is 48.5 Å². The molecular weight excluding hydrogens is 418 g/mol. The monoisotopic (exact) mass is 431 g/mol. The molecule has 0 saturated carbocycles. The fourth-order valence-electron chi connectivity index (χ4n) is 2.51. The summed E-state index contributed by atoms with van der Waals surface area (Å²) >= 11 is 6.80. The minimum absolute atomic E-state index is 0.103. The van der Waals surface area contributed by atoms with Crippen LogP contribution in [0.4, 0.5) is 10.8 Å². The van der Waals surface area contributed by atoms with Gasteiger partial charge in [0.25, 0.3) is 11.6 Å². The number of benzene rings is 2. The van der Waals surface area contributed by atoms with Gasteiger partial charge in [-0.3, -0.25) is 20.2 Å². The summed E-state index contributed by atoms with van der Waals surface area (Å²) in [5, 5.41) is 14.0. The number of thiazole rings is 1. The van der Waals surface area contributed by atoms with Crippen molar-refractivity contribution in [2.24, 2.45) is 0 Å². The Morgan fingerprint density at radius 2 is 1.97 bits per heavy atom. The first kappa shape index (κ1) is 20.4. The summed E-state index contributed by atoms with van der Waals surface area (Å²) in [7, 11) is 0. The van der Waals surface area contributed by atoms with Crippen LogP contribution in [0.1, 0.15) is 27.0 Å². The highest BCUT2D eigenvalue weighted by molar-refractivity contribution is 7.18. The largest absolute Gasteiger partial charge is 0.462 e. The van der Waals surface area contributed by atoms with Crippen LogP contribution in [-0.4, -0.2) is 28.4 Å². The first-order valence-electron chi connectivity index (χ1n) is 8.39. The summed E-state index contributed by atoms with van der Waals surface area (Å²) in [5.41, 5.74) is 0.417. The Hall–Kier alpha value is -3.30. The molecule has 0 fully saturated rings. The lowest BCUT2D eigenvalue weighted by molar-refractivity contribution is -0.385. The number of halogens is 1. The standard InChI is InChI=1S/C19H14ClN3O5S/c1-2-28-18(25)16-15(11-6-4-3-5-7-11)21-19(29-16)22-17(24)13-10-12(20)8-9-14(13)23(26)27/h3-10H,2H2,1H3,(H,21,22,24). The van der Waals surface area contributed by atoms with Crippen molar-refractivity contribution in [1.29, 1.82) is 0 Å². The van der Waals surface area contributed by atoms with Crippen molar-refractivity contribution in [1.82, 2.24) is 4.98 Å². The van der Waals surface area contributed by atoms with Gasteiger partial charge in [-0.15, -0.1) is 0 Å². The lowest BCUT2D eigenvalue weighted by atomic mass is 10.1. The third-order valence-electron chi connectivity index (χ3n) is 3.76. The minimum Gasteiger partial charge on any atom is -0.462 e. The molecule has 0 spiro atoms. The highest BCUT2D eigenvalue weighted by Crippen LogP contribution is 2.32. The molecule has 8 nitrogen and oxygen atoms in total. The van der Waals surface area contributed by atoms with E-state index in [-0.39, 0.29) is 27.2 Å². The van der Waals surface area contributed by atoms with Crippen molar-refractivity contribution < 1.29 is 19.2 Å². The van der Waals surface area contributed by atoms with Crippen molar-refractivity contribution in [2.45, 2.75) is 6.92 Å². The third-order valence-corrected chi connectivity index (χ3v) is 4.94. The van der Waals surface area contributed by atoms with Crippen LogP contribution in [0.25, 0.3) is 11.3 Å². The number of nitro benzene ring substituents is 1. The lowest BCUT2D eigenvalue weighted by Gasteiger charge is -2.03. The summed E-state index contributed by atoms with van der Waals surface area (Å²) in [6.07, 6.45) is 0. The zero-order chi connectivity index (χ0) is 21.0. The highest BCUT2D eigenvalue weighted by atomic mass is 35.5.